The van der Waals surface area contributed by atoms with Gasteiger partial charge in [0, 0.05) is 25.2 Å². The number of nitrogens with zero attached hydrogens (tertiary/aromatic N) is 5. The molecule has 2 aliphatic heterocycles. The lowest BCUT2D eigenvalue weighted by Crippen LogP contribution is -2.46. The third kappa shape index (κ3) is 6.43. The lowest BCUT2D eigenvalue weighted by molar-refractivity contribution is -0.140. The van der Waals surface area contributed by atoms with Crippen molar-refractivity contribution in [2.75, 3.05) is 62.5 Å². The van der Waals surface area contributed by atoms with E-state index in [4.69, 9.17) is 4.74 Å². The Hall–Kier alpha value is -4.32. The second-order valence-corrected chi connectivity index (χ2v) is 10.7. The molecule has 0 aliphatic carbocycles. The van der Waals surface area contributed by atoms with Crippen LogP contribution in [0, 0.1) is 0 Å². The highest BCUT2D eigenvalue weighted by Gasteiger charge is 2.47. The molecule has 2 N–H and O–H groups in total. The molecule has 2 aromatic carbocycles. The number of anilines is 4. The first-order valence-corrected chi connectivity index (χ1v) is 13.9. The van der Waals surface area contributed by atoms with E-state index >= 15 is 0 Å². The van der Waals surface area contributed by atoms with E-state index in [-0.39, 0.29) is 35.9 Å². The molecule has 0 bridgehead atoms. The van der Waals surface area contributed by atoms with Gasteiger partial charge in [-0.1, -0.05) is 30.3 Å². The van der Waals surface area contributed by atoms with Gasteiger partial charge in [0.05, 0.1) is 25.5 Å². The second kappa shape index (κ2) is 12.3. The molecule has 1 saturated heterocycles. The Morgan fingerprint density at radius 2 is 1.86 bits per heavy atom. The first-order valence-electron chi connectivity index (χ1n) is 13.9. The number of aromatic nitrogens is 2. The number of rotatable bonds is 8. The zero-order valence-electron chi connectivity index (χ0n) is 23.9. The van der Waals surface area contributed by atoms with E-state index in [9.17, 15) is 18.4 Å². The Balaban J connectivity index is 1.38. The number of piperidine rings is 1. The Morgan fingerprint density at radius 1 is 1.12 bits per heavy atom. The first-order chi connectivity index (χ1) is 20.1. The van der Waals surface area contributed by atoms with Crippen LogP contribution in [0.15, 0.2) is 54.7 Å². The number of hydrogen-bond donors (Lipinski definition) is 2. The van der Waals surface area contributed by atoms with Crippen LogP contribution in [0.5, 0.6) is 5.75 Å². The van der Waals surface area contributed by atoms with Crippen molar-refractivity contribution in [3.63, 3.8) is 0 Å². The van der Waals surface area contributed by atoms with E-state index in [1.165, 1.54) is 25.3 Å². The monoisotopic (exact) mass is 579 g/mol. The molecule has 3 heterocycles. The molecule has 0 atom stereocenters. The number of nitrogens with one attached hydrogen (secondary N) is 2. The summed E-state index contributed by atoms with van der Waals surface area (Å²) < 4.78 is 35.4. The SMILES string of the molecule is COc1cc(C(=O)NC2CCN(C)CC2)ccc1Nc1ncc2c(n1)N(CCc1ccccc1)CC(F)(F)C(=O)N2C. The summed E-state index contributed by atoms with van der Waals surface area (Å²) in [5, 5.41) is 6.18. The van der Waals surface area contributed by atoms with Crippen molar-refractivity contribution in [2.45, 2.75) is 31.2 Å². The molecule has 5 rings (SSSR count). The summed E-state index contributed by atoms with van der Waals surface area (Å²) in [5.41, 5.74) is 2.10. The van der Waals surface area contributed by atoms with E-state index in [0.717, 1.165) is 36.4 Å². The van der Waals surface area contributed by atoms with Crippen molar-refractivity contribution in [2.24, 2.45) is 0 Å². The molecule has 2 aliphatic rings. The lowest BCUT2D eigenvalue weighted by atomic mass is 10.0. The number of carbonyl (C=O) groups is 2. The summed E-state index contributed by atoms with van der Waals surface area (Å²) in [7, 11) is 4.85. The van der Waals surface area contributed by atoms with Gasteiger partial charge in [-0.3, -0.25) is 9.59 Å². The number of ether oxygens (including phenoxy) is 1. The summed E-state index contributed by atoms with van der Waals surface area (Å²) in [5.74, 6) is -4.36. The van der Waals surface area contributed by atoms with E-state index < -0.39 is 18.4 Å². The molecular formula is C30H35F2N7O3. The van der Waals surface area contributed by atoms with Gasteiger partial charge in [0.2, 0.25) is 5.95 Å². The van der Waals surface area contributed by atoms with Crippen LogP contribution in [-0.2, 0) is 11.2 Å². The molecular weight excluding hydrogens is 544 g/mol. The average molecular weight is 580 g/mol. The molecule has 10 nitrogen and oxygen atoms in total. The first kappa shape index (κ1) is 29.2. The van der Waals surface area contributed by atoms with Crippen LogP contribution in [-0.4, -0.2) is 86.0 Å². The van der Waals surface area contributed by atoms with Gasteiger partial charge in [-0.15, -0.1) is 0 Å². The Labute approximate surface area is 243 Å². The van der Waals surface area contributed by atoms with Crippen LogP contribution in [0.3, 0.4) is 0 Å². The normalized spacial score (nSPS) is 17.4. The minimum atomic E-state index is -3.60. The van der Waals surface area contributed by atoms with Crippen LogP contribution in [0.25, 0.3) is 0 Å². The van der Waals surface area contributed by atoms with Crippen molar-refractivity contribution >= 4 is 35.0 Å². The number of likely N-dealkylation sites (tertiary alicyclic amines) is 1. The molecule has 222 valence electrons. The van der Waals surface area contributed by atoms with E-state index in [1.807, 2.05) is 30.3 Å². The fourth-order valence-corrected chi connectivity index (χ4v) is 5.20. The lowest BCUT2D eigenvalue weighted by Gasteiger charge is -2.29. The molecule has 2 amide bonds. The third-order valence-corrected chi connectivity index (χ3v) is 7.70. The number of methoxy groups -OCH3 is 1. The Bertz CT molecular complexity index is 1430. The Kier molecular flexibility index (Phi) is 8.53. The predicted octanol–water partition coefficient (Wildman–Crippen LogP) is 3.71. The van der Waals surface area contributed by atoms with Crippen LogP contribution < -0.4 is 25.2 Å². The molecule has 1 fully saturated rings. The van der Waals surface area contributed by atoms with Crippen molar-refractivity contribution in [1.29, 1.82) is 0 Å². The number of halogens is 2. The largest absolute Gasteiger partial charge is 0.495 e. The van der Waals surface area contributed by atoms with E-state index in [1.54, 1.807) is 18.2 Å². The topological polar surface area (TPSA) is 103 Å². The standard InChI is InChI=1S/C30H35F2N7O3/c1-37-14-12-22(13-15-37)34-27(40)21-9-10-23(25(17-21)42-3)35-29-33-18-24-26(36-29)39(16-11-20-7-5-4-6-8-20)19-30(31,32)28(41)38(24)2/h4-10,17-18,22H,11-16,19H2,1-3H3,(H,34,40)(H,33,35,36). The number of fused-ring (bicyclic) bond motifs is 1. The molecule has 0 radical (unpaired) electrons. The number of alkyl halides is 2. The van der Waals surface area contributed by atoms with Crippen molar-refractivity contribution < 1.29 is 23.1 Å². The number of carbonyl (C=O) groups excluding carboxylic acids is 2. The zero-order valence-corrected chi connectivity index (χ0v) is 23.9. The van der Waals surface area contributed by atoms with Gasteiger partial charge in [0.1, 0.15) is 11.4 Å². The number of amides is 2. The summed E-state index contributed by atoms with van der Waals surface area (Å²) in [4.78, 5) is 38.9. The maximum atomic E-state index is 14.9. The highest BCUT2D eigenvalue weighted by Crippen LogP contribution is 2.36. The zero-order chi connectivity index (χ0) is 29.9. The average Bonchev–Trinajstić information content (AvgIpc) is 3.06. The van der Waals surface area contributed by atoms with Gasteiger partial charge < -0.3 is 30.1 Å². The quantitative estimate of drug-likeness (QED) is 0.417. The summed E-state index contributed by atoms with van der Waals surface area (Å²) >= 11 is 0. The summed E-state index contributed by atoms with van der Waals surface area (Å²) in [6.07, 6.45) is 3.62. The summed E-state index contributed by atoms with van der Waals surface area (Å²) in [6, 6.07) is 14.6. The van der Waals surface area contributed by atoms with Crippen molar-refractivity contribution in [3.05, 3.63) is 65.9 Å². The van der Waals surface area contributed by atoms with Gasteiger partial charge in [-0.25, -0.2) is 4.98 Å². The fraction of sp³-hybridized carbons (Fsp3) is 0.400. The molecule has 0 unspecified atom stereocenters. The third-order valence-electron chi connectivity index (χ3n) is 7.70. The molecule has 1 aromatic heterocycles. The smallest absolute Gasteiger partial charge is 0.342 e. The van der Waals surface area contributed by atoms with E-state index in [0.29, 0.717) is 23.4 Å². The maximum Gasteiger partial charge on any atom is 0.342 e. The highest BCUT2D eigenvalue weighted by molar-refractivity contribution is 6.02. The van der Waals surface area contributed by atoms with Gasteiger partial charge >= 0.3 is 5.92 Å². The van der Waals surface area contributed by atoms with Crippen LogP contribution in [0.2, 0.25) is 0 Å². The van der Waals surface area contributed by atoms with Gasteiger partial charge in [0.15, 0.2) is 5.82 Å². The van der Waals surface area contributed by atoms with Gasteiger partial charge in [-0.2, -0.15) is 13.8 Å². The fourth-order valence-electron chi connectivity index (χ4n) is 5.20. The molecule has 12 heteroatoms. The van der Waals surface area contributed by atoms with Crippen LogP contribution in [0.4, 0.5) is 31.9 Å². The highest BCUT2D eigenvalue weighted by atomic mass is 19.3. The minimum Gasteiger partial charge on any atom is -0.495 e. The van der Waals surface area contributed by atoms with Crippen LogP contribution >= 0.6 is 0 Å². The van der Waals surface area contributed by atoms with Crippen molar-refractivity contribution in [3.8, 4) is 5.75 Å². The Morgan fingerprint density at radius 3 is 2.57 bits per heavy atom. The van der Waals surface area contributed by atoms with Gasteiger partial charge in [-0.05, 0) is 63.2 Å². The second-order valence-electron chi connectivity index (χ2n) is 10.7. The molecule has 3 aromatic rings. The maximum absolute atomic E-state index is 14.9. The molecule has 42 heavy (non-hydrogen) atoms. The molecule has 0 spiro atoms. The summed E-state index contributed by atoms with van der Waals surface area (Å²) in [6.45, 7) is 1.28. The van der Waals surface area contributed by atoms with Gasteiger partial charge in [0.25, 0.3) is 11.8 Å². The van der Waals surface area contributed by atoms with Crippen LogP contribution in [0.1, 0.15) is 28.8 Å². The molecule has 0 saturated carbocycles. The number of hydrogen-bond acceptors (Lipinski definition) is 8. The number of benzene rings is 2. The predicted molar refractivity (Wildman–Crippen MR) is 157 cm³/mol. The minimum absolute atomic E-state index is 0.118. The van der Waals surface area contributed by atoms with Crippen molar-refractivity contribution in [1.82, 2.24) is 20.2 Å². The van der Waals surface area contributed by atoms with E-state index in [2.05, 4.69) is 32.5 Å².